The molecule has 8 nitrogen and oxygen atoms in total. The normalized spacial score (nSPS) is 10.6. The number of benzene rings is 1. The van der Waals surface area contributed by atoms with Gasteiger partial charge < -0.3 is 15.1 Å². The van der Waals surface area contributed by atoms with Crippen LogP contribution in [0.25, 0.3) is 5.82 Å². The fourth-order valence-electron chi connectivity index (χ4n) is 2.78. The van der Waals surface area contributed by atoms with Crippen molar-refractivity contribution in [3.63, 3.8) is 0 Å². The van der Waals surface area contributed by atoms with Gasteiger partial charge in [-0.15, -0.1) is 0 Å². The fraction of sp³-hybridized carbons (Fsp3) is 0.0476. The SMILES string of the molecule is O=C(Nc1cc(F)ccc1C(=O)NCc1ccnc(-n2cccn2)c1)c1ccoc1. The number of furan rings is 1. The Bertz CT molecular complexity index is 1170. The van der Waals surface area contributed by atoms with Crippen LogP contribution in [-0.2, 0) is 6.54 Å². The monoisotopic (exact) mass is 405 g/mol. The molecule has 3 aromatic heterocycles. The molecule has 150 valence electrons. The van der Waals surface area contributed by atoms with Gasteiger partial charge in [0.15, 0.2) is 5.82 Å². The predicted octanol–water partition coefficient (Wildman–Crippen LogP) is 3.18. The zero-order chi connectivity index (χ0) is 20.9. The summed E-state index contributed by atoms with van der Waals surface area (Å²) in [7, 11) is 0. The molecule has 0 aliphatic rings. The van der Waals surface area contributed by atoms with E-state index in [0.717, 1.165) is 17.7 Å². The zero-order valence-corrected chi connectivity index (χ0v) is 15.6. The Balaban J connectivity index is 1.48. The van der Waals surface area contributed by atoms with E-state index >= 15 is 0 Å². The summed E-state index contributed by atoms with van der Waals surface area (Å²) < 4.78 is 20.2. The second-order valence-electron chi connectivity index (χ2n) is 6.31. The first-order valence-corrected chi connectivity index (χ1v) is 8.96. The highest BCUT2D eigenvalue weighted by molar-refractivity contribution is 6.08. The summed E-state index contributed by atoms with van der Waals surface area (Å²) in [4.78, 5) is 29.2. The molecule has 4 rings (SSSR count). The molecule has 0 saturated heterocycles. The Labute approximate surface area is 170 Å². The van der Waals surface area contributed by atoms with Gasteiger partial charge in [-0.1, -0.05) is 0 Å². The van der Waals surface area contributed by atoms with E-state index in [-0.39, 0.29) is 23.4 Å². The van der Waals surface area contributed by atoms with Crippen molar-refractivity contribution in [2.75, 3.05) is 5.32 Å². The van der Waals surface area contributed by atoms with Crippen molar-refractivity contribution in [2.45, 2.75) is 6.54 Å². The Morgan fingerprint density at radius 3 is 2.77 bits per heavy atom. The number of hydrogen-bond donors (Lipinski definition) is 2. The van der Waals surface area contributed by atoms with Gasteiger partial charge in [-0.2, -0.15) is 5.10 Å². The van der Waals surface area contributed by atoms with E-state index < -0.39 is 17.6 Å². The number of halogens is 1. The molecule has 0 radical (unpaired) electrons. The molecule has 2 amide bonds. The molecule has 0 bridgehead atoms. The maximum Gasteiger partial charge on any atom is 0.258 e. The number of amides is 2. The Kier molecular flexibility index (Phi) is 5.33. The van der Waals surface area contributed by atoms with Crippen LogP contribution in [0, 0.1) is 5.82 Å². The standard InChI is InChI=1S/C21H16FN5O3/c22-16-2-3-17(18(11-16)26-20(28)15-5-9-30-13-15)21(29)24-12-14-4-7-23-19(10-14)27-8-1-6-25-27/h1-11,13H,12H2,(H,24,29)(H,26,28). The second-order valence-corrected chi connectivity index (χ2v) is 6.31. The lowest BCUT2D eigenvalue weighted by Gasteiger charge is -2.12. The molecule has 0 atom stereocenters. The van der Waals surface area contributed by atoms with E-state index in [1.807, 2.05) is 0 Å². The Morgan fingerprint density at radius 1 is 1.10 bits per heavy atom. The third kappa shape index (κ3) is 4.25. The molecule has 4 aromatic rings. The van der Waals surface area contributed by atoms with Gasteiger partial charge >= 0.3 is 0 Å². The van der Waals surface area contributed by atoms with Crippen LogP contribution in [0.5, 0.6) is 0 Å². The maximum atomic E-state index is 13.7. The second kappa shape index (κ2) is 8.39. The lowest BCUT2D eigenvalue weighted by atomic mass is 10.1. The highest BCUT2D eigenvalue weighted by Crippen LogP contribution is 2.19. The first kappa shape index (κ1) is 19.1. The Hall–Kier alpha value is -4.27. The van der Waals surface area contributed by atoms with Crippen molar-refractivity contribution in [1.82, 2.24) is 20.1 Å². The third-order valence-corrected chi connectivity index (χ3v) is 4.26. The van der Waals surface area contributed by atoms with Crippen LogP contribution >= 0.6 is 0 Å². The molecule has 0 saturated carbocycles. The highest BCUT2D eigenvalue weighted by atomic mass is 19.1. The van der Waals surface area contributed by atoms with Crippen LogP contribution < -0.4 is 10.6 Å². The number of anilines is 1. The molecule has 3 heterocycles. The number of aromatic nitrogens is 3. The van der Waals surface area contributed by atoms with E-state index in [9.17, 15) is 14.0 Å². The van der Waals surface area contributed by atoms with Gasteiger partial charge in [0.05, 0.1) is 23.1 Å². The van der Waals surface area contributed by atoms with Gasteiger partial charge in [0, 0.05) is 25.1 Å². The van der Waals surface area contributed by atoms with Gasteiger partial charge in [0.2, 0.25) is 0 Å². The quantitative estimate of drug-likeness (QED) is 0.513. The summed E-state index contributed by atoms with van der Waals surface area (Å²) >= 11 is 0. The molecular weight excluding hydrogens is 389 g/mol. The molecule has 9 heteroatoms. The lowest BCUT2D eigenvalue weighted by molar-refractivity contribution is 0.0951. The first-order chi connectivity index (χ1) is 14.6. The van der Waals surface area contributed by atoms with Crippen molar-refractivity contribution in [3.05, 3.63) is 96.1 Å². The van der Waals surface area contributed by atoms with E-state index in [2.05, 4.69) is 20.7 Å². The third-order valence-electron chi connectivity index (χ3n) is 4.26. The minimum absolute atomic E-state index is 0.0608. The summed E-state index contributed by atoms with van der Waals surface area (Å²) in [6.07, 6.45) is 7.63. The van der Waals surface area contributed by atoms with E-state index in [1.54, 1.807) is 41.5 Å². The molecular formula is C21H16FN5O3. The number of nitrogens with zero attached hydrogens (tertiary/aromatic N) is 3. The molecule has 0 spiro atoms. The van der Waals surface area contributed by atoms with Gasteiger partial charge in [0.25, 0.3) is 11.8 Å². The molecule has 2 N–H and O–H groups in total. The smallest absolute Gasteiger partial charge is 0.258 e. The summed E-state index contributed by atoms with van der Waals surface area (Å²) in [6.45, 7) is 0.210. The number of hydrogen-bond acceptors (Lipinski definition) is 5. The lowest BCUT2D eigenvalue weighted by Crippen LogP contribution is -2.25. The topological polar surface area (TPSA) is 102 Å². The van der Waals surface area contributed by atoms with Crippen molar-refractivity contribution in [3.8, 4) is 5.82 Å². The summed E-state index contributed by atoms with van der Waals surface area (Å²) in [6, 6.07) is 10.4. The van der Waals surface area contributed by atoms with Gasteiger partial charge in [-0.3, -0.25) is 9.59 Å². The number of nitrogens with one attached hydrogen (secondary N) is 2. The van der Waals surface area contributed by atoms with Crippen LogP contribution in [0.3, 0.4) is 0 Å². The number of carbonyl (C=O) groups excluding carboxylic acids is 2. The van der Waals surface area contributed by atoms with Crippen molar-refractivity contribution in [2.24, 2.45) is 0 Å². The summed E-state index contributed by atoms with van der Waals surface area (Å²) in [5.41, 5.74) is 1.25. The largest absolute Gasteiger partial charge is 0.472 e. The number of pyridine rings is 1. The minimum Gasteiger partial charge on any atom is -0.472 e. The Morgan fingerprint density at radius 2 is 2.00 bits per heavy atom. The first-order valence-electron chi connectivity index (χ1n) is 8.96. The van der Waals surface area contributed by atoms with E-state index in [0.29, 0.717) is 5.82 Å². The molecule has 30 heavy (non-hydrogen) atoms. The van der Waals surface area contributed by atoms with E-state index in [4.69, 9.17) is 4.42 Å². The predicted molar refractivity (Wildman–Crippen MR) is 106 cm³/mol. The van der Waals surface area contributed by atoms with Crippen molar-refractivity contribution >= 4 is 17.5 Å². The average molecular weight is 405 g/mol. The highest BCUT2D eigenvalue weighted by Gasteiger charge is 2.16. The zero-order valence-electron chi connectivity index (χ0n) is 15.6. The van der Waals surface area contributed by atoms with Gasteiger partial charge in [0.1, 0.15) is 12.1 Å². The van der Waals surface area contributed by atoms with Gasteiger partial charge in [-0.25, -0.2) is 14.1 Å². The van der Waals surface area contributed by atoms with Crippen LogP contribution in [0.2, 0.25) is 0 Å². The number of rotatable bonds is 6. The average Bonchev–Trinajstić information content (AvgIpc) is 3.46. The van der Waals surface area contributed by atoms with E-state index in [1.165, 1.54) is 24.7 Å². The molecule has 1 aromatic carbocycles. The fourth-order valence-corrected chi connectivity index (χ4v) is 2.78. The molecule has 0 aliphatic carbocycles. The number of carbonyl (C=O) groups is 2. The van der Waals surface area contributed by atoms with Crippen molar-refractivity contribution < 1.29 is 18.4 Å². The summed E-state index contributed by atoms with van der Waals surface area (Å²) in [5, 5.41) is 9.43. The molecule has 0 aliphatic heterocycles. The van der Waals surface area contributed by atoms with Crippen LogP contribution in [0.1, 0.15) is 26.3 Å². The van der Waals surface area contributed by atoms with Crippen LogP contribution in [-0.4, -0.2) is 26.6 Å². The maximum absolute atomic E-state index is 13.7. The molecule has 0 unspecified atom stereocenters. The van der Waals surface area contributed by atoms with Crippen LogP contribution in [0.15, 0.2) is 78.0 Å². The van der Waals surface area contributed by atoms with Crippen LogP contribution in [0.4, 0.5) is 10.1 Å². The van der Waals surface area contributed by atoms with Gasteiger partial charge in [-0.05, 0) is 48.0 Å². The summed E-state index contributed by atoms with van der Waals surface area (Å²) in [5.74, 6) is -0.940. The molecule has 0 fully saturated rings. The van der Waals surface area contributed by atoms with Crippen molar-refractivity contribution in [1.29, 1.82) is 0 Å². The minimum atomic E-state index is -0.577.